The highest BCUT2D eigenvalue weighted by atomic mass is 14.3. The molecule has 0 atom stereocenters. The van der Waals surface area contributed by atoms with Crippen molar-refractivity contribution in [3.8, 4) is 0 Å². The van der Waals surface area contributed by atoms with E-state index in [0.29, 0.717) is 0 Å². The lowest BCUT2D eigenvalue weighted by atomic mass is 9.76. The van der Waals surface area contributed by atoms with Gasteiger partial charge in [0.25, 0.3) is 0 Å². The summed E-state index contributed by atoms with van der Waals surface area (Å²) in [6.07, 6.45) is 4.70. The lowest BCUT2D eigenvalue weighted by Crippen LogP contribution is -2.04. The van der Waals surface area contributed by atoms with Gasteiger partial charge in [0.05, 0.1) is 0 Å². The van der Waals surface area contributed by atoms with Gasteiger partial charge in [0, 0.05) is 0 Å². The summed E-state index contributed by atoms with van der Waals surface area (Å²) in [5, 5.41) is 0. The zero-order chi connectivity index (χ0) is 37.8. The minimum Gasteiger partial charge on any atom is -0.0622 e. The highest BCUT2D eigenvalue weighted by Crippen LogP contribution is 2.50. The first-order chi connectivity index (χ1) is 27.8. The molecule has 0 radical (unpaired) electrons. The summed E-state index contributed by atoms with van der Waals surface area (Å²) >= 11 is 0. The van der Waals surface area contributed by atoms with Gasteiger partial charge >= 0.3 is 0 Å². The zero-order valence-electron chi connectivity index (χ0n) is 31.2. The predicted molar refractivity (Wildman–Crippen MR) is 241 cm³/mol. The van der Waals surface area contributed by atoms with Crippen LogP contribution in [0.2, 0.25) is 0 Å². The molecule has 0 aromatic heterocycles. The van der Waals surface area contributed by atoms with Crippen molar-refractivity contribution in [2.24, 2.45) is 0 Å². The Balaban J connectivity index is 1.64. The van der Waals surface area contributed by atoms with Crippen molar-refractivity contribution in [1.29, 1.82) is 0 Å². The van der Waals surface area contributed by atoms with Crippen molar-refractivity contribution in [2.45, 2.75) is 0 Å². The van der Waals surface area contributed by atoms with Crippen molar-refractivity contribution in [3.05, 3.63) is 287 Å². The first-order valence-electron chi connectivity index (χ1n) is 19.2. The summed E-state index contributed by atoms with van der Waals surface area (Å²) < 4.78 is 0. The molecule has 8 rings (SSSR count). The van der Waals surface area contributed by atoms with E-state index in [-0.39, 0.29) is 0 Å². The summed E-state index contributed by atoms with van der Waals surface area (Å²) in [6, 6.07) is 86.7. The highest BCUT2D eigenvalue weighted by Gasteiger charge is 2.27. The number of benzene rings is 8. The van der Waals surface area contributed by atoms with E-state index in [9.17, 15) is 0 Å². The molecule has 0 bridgehead atoms. The molecule has 0 saturated carbocycles. The van der Waals surface area contributed by atoms with Gasteiger partial charge in [-0.25, -0.2) is 0 Å². The lowest BCUT2D eigenvalue weighted by molar-refractivity contribution is 1.54. The van der Waals surface area contributed by atoms with Crippen LogP contribution in [-0.2, 0) is 0 Å². The van der Waals surface area contributed by atoms with Crippen molar-refractivity contribution in [1.82, 2.24) is 0 Å². The maximum atomic E-state index is 2.35. The quantitative estimate of drug-likeness (QED) is 0.0924. The van der Waals surface area contributed by atoms with Crippen LogP contribution in [0.5, 0.6) is 0 Å². The van der Waals surface area contributed by atoms with Gasteiger partial charge in [-0.15, -0.1) is 0 Å². The highest BCUT2D eigenvalue weighted by molar-refractivity contribution is 6.35. The SMILES string of the molecule is C(=C(/C(=C(\C(=C(/C(=Cc1ccccc1)c1ccccc1)c1ccccc1)c1ccccc1)c1ccccc1)c1ccccc1)c1ccccc1)c1ccccc1. The Morgan fingerprint density at radius 3 is 0.643 bits per heavy atom. The van der Waals surface area contributed by atoms with E-state index in [0.717, 1.165) is 77.9 Å². The van der Waals surface area contributed by atoms with E-state index < -0.39 is 0 Å². The maximum Gasteiger partial charge on any atom is -0.00141 e. The summed E-state index contributed by atoms with van der Waals surface area (Å²) in [5.74, 6) is 0. The van der Waals surface area contributed by atoms with Crippen LogP contribution in [0, 0.1) is 0 Å². The van der Waals surface area contributed by atoms with Crippen LogP contribution in [0.3, 0.4) is 0 Å². The first-order valence-corrected chi connectivity index (χ1v) is 19.2. The largest absolute Gasteiger partial charge is 0.0622 e. The molecular weight excluding hydrogens is 673 g/mol. The third kappa shape index (κ3) is 8.26. The number of allylic oxidation sites excluding steroid dienone is 6. The fourth-order valence-corrected chi connectivity index (χ4v) is 7.38. The number of hydrogen-bond acceptors (Lipinski definition) is 0. The standard InChI is InChI=1S/C56H42/c1-9-25-43(26-10-1)41-51(45-29-13-3-14-30-45)53(47-33-17-5-18-34-47)55(49-37-21-7-22-38-49)56(50-39-23-8-24-40-50)54(48-35-19-6-20-36-48)52(46-31-15-4-16-32-46)42-44-27-11-2-12-28-44/h1-42H/b51-41?,52-42?,55-53-,56-54-. The monoisotopic (exact) mass is 714 g/mol. The van der Waals surface area contributed by atoms with Gasteiger partial charge in [-0.05, 0) is 90.1 Å². The fourth-order valence-electron chi connectivity index (χ4n) is 7.38. The zero-order valence-corrected chi connectivity index (χ0v) is 31.2. The average Bonchev–Trinajstić information content (AvgIpc) is 3.29. The van der Waals surface area contributed by atoms with Gasteiger partial charge in [0.1, 0.15) is 0 Å². The Labute approximate surface area is 331 Å². The second-order valence-corrected chi connectivity index (χ2v) is 13.6. The maximum absolute atomic E-state index is 2.35. The molecule has 0 unspecified atom stereocenters. The smallest absolute Gasteiger partial charge is 0.00141 e. The molecule has 0 fully saturated rings. The van der Waals surface area contributed by atoms with E-state index >= 15 is 0 Å². The summed E-state index contributed by atoms with van der Waals surface area (Å²) in [5.41, 5.74) is 15.9. The number of rotatable bonds is 11. The Morgan fingerprint density at radius 1 is 0.196 bits per heavy atom. The molecule has 0 saturated heterocycles. The van der Waals surface area contributed by atoms with Crippen LogP contribution in [0.15, 0.2) is 243 Å². The van der Waals surface area contributed by atoms with Crippen LogP contribution in [-0.4, -0.2) is 0 Å². The van der Waals surface area contributed by atoms with Crippen LogP contribution < -0.4 is 0 Å². The predicted octanol–water partition coefficient (Wildman–Crippen LogP) is 14.7. The molecule has 0 heterocycles. The van der Waals surface area contributed by atoms with Gasteiger partial charge in [-0.1, -0.05) is 243 Å². The Hall–Kier alpha value is -7.28. The molecule has 0 N–H and O–H groups in total. The molecule has 0 aliphatic carbocycles. The van der Waals surface area contributed by atoms with Gasteiger partial charge in [-0.3, -0.25) is 0 Å². The first kappa shape index (κ1) is 35.7. The van der Waals surface area contributed by atoms with Gasteiger partial charge in [0.15, 0.2) is 0 Å². The third-order valence-electron chi connectivity index (χ3n) is 9.93. The fraction of sp³-hybridized carbons (Fsp3) is 0. The van der Waals surface area contributed by atoms with Crippen LogP contribution in [0.1, 0.15) is 44.5 Å². The van der Waals surface area contributed by atoms with Crippen LogP contribution in [0.4, 0.5) is 0 Å². The van der Waals surface area contributed by atoms with Gasteiger partial charge in [-0.2, -0.15) is 0 Å². The summed E-state index contributed by atoms with van der Waals surface area (Å²) in [6.45, 7) is 0. The van der Waals surface area contributed by atoms with Gasteiger partial charge in [0.2, 0.25) is 0 Å². The van der Waals surface area contributed by atoms with Crippen molar-refractivity contribution in [3.63, 3.8) is 0 Å². The minimum absolute atomic E-state index is 1.13. The van der Waals surface area contributed by atoms with Crippen molar-refractivity contribution < 1.29 is 0 Å². The molecule has 0 aliphatic heterocycles. The summed E-state index contributed by atoms with van der Waals surface area (Å²) in [4.78, 5) is 0. The van der Waals surface area contributed by atoms with E-state index in [4.69, 9.17) is 0 Å². The molecule has 56 heavy (non-hydrogen) atoms. The van der Waals surface area contributed by atoms with E-state index in [1.807, 2.05) is 0 Å². The topological polar surface area (TPSA) is 0 Å². The average molecular weight is 715 g/mol. The van der Waals surface area contributed by atoms with Crippen LogP contribution >= 0.6 is 0 Å². The molecular formula is C56H42. The lowest BCUT2D eigenvalue weighted by Gasteiger charge is -2.27. The summed E-state index contributed by atoms with van der Waals surface area (Å²) in [7, 11) is 0. The Bertz CT molecular complexity index is 2400. The van der Waals surface area contributed by atoms with E-state index in [2.05, 4.69) is 255 Å². The van der Waals surface area contributed by atoms with E-state index in [1.165, 1.54) is 0 Å². The molecule has 0 nitrogen and oxygen atoms in total. The molecule has 266 valence electrons. The van der Waals surface area contributed by atoms with E-state index in [1.54, 1.807) is 0 Å². The second-order valence-electron chi connectivity index (χ2n) is 13.6. The van der Waals surface area contributed by atoms with Crippen molar-refractivity contribution >= 4 is 45.6 Å². The molecule has 0 heteroatoms. The van der Waals surface area contributed by atoms with Gasteiger partial charge < -0.3 is 0 Å². The second kappa shape index (κ2) is 17.7. The van der Waals surface area contributed by atoms with Crippen LogP contribution in [0.25, 0.3) is 45.6 Å². The molecule has 0 spiro atoms. The number of hydrogen-bond donors (Lipinski definition) is 0. The molecule has 8 aromatic rings. The molecule has 8 aromatic carbocycles. The van der Waals surface area contributed by atoms with Crippen molar-refractivity contribution in [2.75, 3.05) is 0 Å². The minimum atomic E-state index is 1.13. The third-order valence-corrected chi connectivity index (χ3v) is 9.93. The molecule has 0 aliphatic rings. The Morgan fingerprint density at radius 2 is 0.393 bits per heavy atom. The Kier molecular flexibility index (Phi) is 11.3. The molecule has 0 amide bonds. The normalized spacial score (nSPS) is 12.7.